The summed E-state index contributed by atoms with van der Waals surface area (Å²) in [5.74, 6) is 0.729. The Bertz CT molecular complexity index is 729. The smallest absolute Gasteiger partial charge is 0.289 e. The van der Waals surface area contributed by atoms with Crippen molar-refractivity contribution in [2.75, 3.05) is 26.2 Å². The first kappa shape index (κ1) is 18.3. The van der Waals surface area contributed by atoms with Crippen LogP contribution < -0.4 is 0 Å². The molecule has 1 aromatic rings. The quantitative estimate of drug-likeness (QED) is 0.603. The fourth-order valence-electron chi connectivity index (χ4n) is 4.01. The molecule has 1 aliphatic carbocycles. The molecule has 2 atom stereocenters. The lowest BCUT2D eigenvalue weighted by Crippen LogP contribution is -2.52. The number of benzene rings is 1. The number of nitro benzene ring substituents is 1. The van der Waals surface area contributed by atoms with Crippen LogP contribution in [-0.4, -0.2) is 54.8 Å². The highest BCUT2D eigenvalue weighted by molar-refractivity contribution is 7.89. The van der Waals surface area contributed by atoms with Crippen LogP contribution in [0, 0.1) is 16.0 Å². The van der Waals surface area contributed by atoms with Crippen molar-refractivity contribution in [1.29, 1.82) is 0 Å². The first-order valence-electron chi connectivity index (χ1n) is 8.87. The van der Waals surface area contributed by atoms with E-state index in [0.29, 0.717) is 32.2 Å². The van der Waals surface area contributed by atoms with Gasteiger partial charge in [0.1, 0.15) is 0 Å². The number of rotatable bonds is 4. The summed E-state index contributed by atoms with van der Waals surface area (Å²) in [6, 6.07) is 6.12. The molecule has 1 saturated carbocycles. The maximum atomic E-state index is 12.9. The Labute approximate surface area is 148 Å². The summed E-state index contributed by atoms with van der Waals surface area (Å²) in [4.78, 5) is 12.7. The van der Waals surface area contributed by atoms with Crippen LogP contribution in [0.4, 0.5) is 5.69 Å². The van der Waals surface area contributed by atoms with Gasteiger partial charge in [0.05, 0.1) is 4.92 Å². The van der Waals surface area contributed by atoms with Crippen molar-refractivity contribution in [2.45, 2.75) is 43.5 Å². The molecule has 8 heteroatoms. The Morgan fingerprint density at radius 1 is 1.12 bits per heavy atom. The number of para-hydroxylation sites is 1. The number of nitrogens with zero attached hydrogens (tertiary/aromatic N) is 3. The summed E-state index contributed by atoms with van der Waals surface area (Å²) in [5.41, 5.74) is -0.356. The van der Waals surface area contributed by atoms with Crippen LogP contribution in [0.15, 0.2) is 29.2 Å². The van der Waals surface area contributed by atoms with Crippen LogP contribution in [0.3, 0.4) is 0 Å². The highest BCUT2D eigenvalue weighted by atomic mass is 32.2. The maximum Gasteiger partial charge on any atom is 0.289 e. The van der Waals surface area contributed by atoms with Gasteiger partial charge >= 0.3 is 0 Å². The van der Waals surface area contributed by atoms with E-state index in [9.17, 15) is 18.5 Å². The van der Waals surface area contributed by atoms with Crippen molar-refractivity contribution < 1.29 is 13.3 Å². The second-order valence-electron chi connectivity index (χ2n) is 7.09. The zero-order chi connectivity index (χ0) is 18.0. The number of nitro groups is 1. The Morgan fingerprint density at radius 2 is 1.80 bits per heavy atom. The minimum absolute atomic E-state index is 0.209. The van der Waals surface area contributed by atoms with E-state index in [1.807, 2.05) is 0 Å². The van der Waals surface area contributed by atoms with E-state index >= 15 is 0 Å². The summed E-state index contributed by atoms with van der Waals surface area (Å²) < 4.78 is 27.1. The molecular formula is C17H25N3O4S. The molecule has 0 spiro atoms. The number of hydrogen-bond donors (Lipinski definition) is 0. The average molecular weight is 367 g/mol. The molecule has 1 aromatic carbocycles. The summed E-state index contributed by atoms with van der Waals surface area (Å²) >= 11 is 0. The van der Waals surface area contributed by atoms with E-state index < -0.39 is 14.9 Å². The van der Waals surface area contributed by atoms with Crippen LogP contribution in [0.5, 0.6) is 0 Å². The summed E-state index contributed by atoms with van der Waals surface area (Å²) in [5, 5.41) is 11.2. The summed E-state index contributed by atoms with van der Waals surface area (Å²) in [7, 11) is -3.84. The standard InChI is InChI=1S/C17H25N3O4S/c1-14-5-4-6-15(13-14)18-9-11-19(12-10-18)25(23,24)17-8-3-2-7-16(17)20(21)22/h2-3,7-8,14-15H,4-6,9-13H2,1H3/t14-,15+/m1/s1. The van der Waals surface area contributed by atoms with Gasteiger partial charge in [-0.3, -0.25) is 15.0 Å². The van der Waals surface area contributed by atoms with E-state index in [1.54, 1.807) is 0 Å². The highest BCUT2D eigenvalue weighted by Crippen LogP contribution is 2.30. The SMILES string of the molecule is C[C@@H]1CCC[C@H](N2CCN(S(=O)(=O)c3ccccc3[N+](=O)[O-])CC2)C1. The topological polar surface area (TPSA) is 83.8 Å². The number of sulfonamides is 1. The third-order valence-corrected chi connectivity index (χ3v) is 7.32. The van der Waals surface area contributed by atoms with Gasteiger partial charge in [0, 0.05) is 38.3 Å². The van der Waals surface area contributed by atoms with Crippen LogP contribution in [0.25, 0.3) is 0 Å². The van der Waals surface area contributed by atoms with Gasteiger partial charge < -0.3 is 0 Å². The average Bonchev–Trinajstić information content (AvgIpc) is 2.62. The molecule has 0 unspecified atom stereocenters. The van der Waals surface area contributed by atoms with E-state index in [2.05, 4.69) is 11.8 Å². The fourth-order valence-corrected chi connectivity index (χ4v) is 5.59. The van der Waals surface area contributed by atoms with Crippen molar-refractivity contribution in [3.8, 4) is 0 Å². The molecule has 1 saturated heterocycles. The molecule has 2 fully saturated rings. The number of hydrogen-bond acceptors (Lipinski definition) is 5. The minimum Gasteiger partial charge on any atom is -0.298 e. The lowest BCUT2D eigenvalue weighted by Gasteiger charge is -2.41. The Kier molecular flexibility index (Phi) is 5.41. The fraction of sp³-hybridized carbons (Fsp3) is 0.647. The molecule has 0 aromatic heterocycles. The molecular weight excluding hydrogens is 342 g/mol. The van der Waals surface area contributed by atoms with Gasteiger partial charge in [-0.05, 0) is 24.8 Å². The van der Waals surface area contributed by atoms with E-state index in [1.165, 1.54) is 54.3 Å². The van der Waals surface area contributed by atoms with Gasteiger partial charge in [0.2, 0.25) is 10.0 Å². The van der Waals surface area contributed by atoms with E-state index in [4.69, 9.17) is 0 Å². The van der Waals surface area contributed by atoms with Gasteiger partial charge in [-0.2, -0.15) is 4.31 Å². The van der Waals surface area contributed by atoms with Gasteiger partial charge in [-0.1, -0.05) is 31.9 Å². The first-order chi connectivity index (χ1) is 11.9. The van der Waals surface area contributed by atoms with Crippen molar-refractivity contribution in [3.63, 3.8) is 0 Å². The Balaban J connectivity index is 1.71. The van der Waals surface area contributed by atoms with E-state index in [-0.39, 0.29) is 10.6 Å². The summed E-state index contributed by atoms with van der Waals surface area (Å²) in [6.07, 6.45) is 4.88. The largest absolute Gasteiger partial charge is 0.298 e. The zero-order valence-electron chi connectivity index (χ0n) is 14.5. The molecule has 1 aliphatic heterocycles. The predicted molar refractivity (Wildman–Crippen MR) is 94.8 cm³/mol. The van der Waals surface area contributed by atoms with Crippen molar-refractivity contribution >= 4 is 15.7 Å². The molecule has 1 heterocycles. The van der Waals surface area contributed by atoms with Crippen LogP contribution in [-0.2, 0) is 10.0 Å². The predicted octanol–water partition coefficient (Wildman–Crippen LogP) is 2.48. The third-order valence-electron chi connectivity index (χ3n) is 5.38. The first-order valence-corrected chi connectivity index (χ1v) is 10.3. The normalized spacial score (nSPS) is 26.4. The van der Waals surface area contributed by atoms with Crippen LogP contribution in [0.2, 0.25) is 0 Å². The molecule has 0 radical (unpaired) electrons. The monoisotopic (exact) mass is 367 g/mol. The minimum atomic E-state index is -3.84. The lowest BCUT2D eigenvalue weighted by molar-refractivity contribution is -0.387. The molecule has 0 bridgehead atoms. The van der Waals surface area contributed by atoms with Crippen molar-refractivity contribution in [2.24, 2.45) is 5.92 Å². The molecule has 0 N–H and O–H groups in total. The van der Waals surface area contributed by atoms with Crippen molar-refractivity contribution in [1.82, 2.24) is 9.21 Å². The number of piperazine rings is 1. The summed E-state index contributed by atoms with van der Waals surface area (Å²) in [6.45, 7) is 4.44. The van der Waals surface area contributed by atoms with Gasteiger partial charge in [0.25, 0.3) is 5.69 Å². The van der Waals surface area contributed by atoms with Gasteiger partial charge in [-0.25, -0.2) is 8.42 Å². The molecule has 138 valence electrons. The van der Waals surface area contributed by atoms with Crippen molar-refractivity contribution in [3.05, 3.63) is 34.4 Å². The lowest BCUT2D eigenvalue weighted by atomic mass is 9.86. The molecule has 7 nitrogen and oxygen atoms in total. The van der Waals surface area contributed by atoms with Gasteiger partial charge in [0.15, 0.2) is 4.90 Å². The highest BCUT2D eigenvalue weighted by Gasteiger charge is 2.35. The molecule has 2 aliphatic rings. The van der Waals surface area contributed by atoms with Crippen LogP contribution >= 0.6 is 0 Å². The second kappa shape index (κ2) is 7.39. The van der Waals surface area contributed by atoms with Gasteiger partial charge in [-0.15, -0.1) is 0 Å². The van der Waals surface area contributed by atoms with E-state index in [0.717, 1.165) is 5.92 Å². The second-order valence-corrected chi connectivity index (χ2v) is 9.00. The molecule has 3 rings (SSSR count). The maximum absolute atomic E-state index is 12.9. The molecule has 0 amide bonds. The third kappa shape index (κ3) is 3.86. The Morgan fingerprint density at radius 3 is 2.44 bits per heavy atom. The zero-order valence-corrected chi connectivity index (χ0v) is 15.3. The molecule has 25 heavy (non-hydrogen) atoms. The van der Waals surface area contributed by atoms with Crippen LogP contribution in [0.1, 0.15) is 32.6 Å². The Hall–Kier alpha value is -1.51.